The minimum Gasteiger partial charge on any atom is -0.488 e. The Bertz CT molecular complexity index is 1100. The van der Waals surface area contributed by atoms with Gasteiger partial charge in [0.15, 0.2) is 12.2 Å². The first-order valence-electron chi connectivity index (χ1n) is 15.1. The number of carbonyl (C=O) groups is 2. The molecule has 8 heteroatoms. The zero-order valence-corrected chi connectivity index (χ0v) is 25.5. The van der Waals surface area contributed by atoms with Gasteiger partial charge in [0.05, 0.1) is 13.2 Å². The van der Waals surface area contributed by atoms with Gasteiger partial charge in [-0.1, -0.05) is 88.1 Å². The quantitative estimate of drug-likeness (QED) is 0.0797. The summed E-state index contributed by atoms with van der Waals surface area (Å²) < 4.78 is 35.4. The first-order valence-corrected chi connectivity index (χ1v) is 15.1. The molecule has 3 aromatic rings. The van der Waals surface area contributed by atoms with Gasteiger partial charge in [-0.15, -0.1) is 0 Å². The highest BCUT2D eigenvalue weighted by Gasteiger charge is 2.21. The van der Waals surface area contributed by atoms with Crippen LogP contribution < -0.4 is 9.47 Å². The lowest BCUT2D eigenvalue weighted by molar-refractivity contribution is -0.152. The zero-order valence-electron chi connectivity index (χ0n) is 25.5. The number of hydrogen-bond acceptors (Lipinski definition) is 8. The summed E-state index contributed by atoms with van der Waals surface area (Å²) in [5.41, 5.74) is 0. The van der Waals surface area contributed by atoms with Gasteiger partial charge in [0.25, 0.3) is 0 Å². The van der Waals surface area contributed by atoms with Crippen LogP contribution in [0.15, 0.2) is 48.5 Å². The smallest absolute Gasteiger partial charge is 0.303 e. The molecule has 0 saturated heterocycles. The average molecular weight is 583 g/mol. The van der Waals surface area contributed by atoms with Gasteiger partial charge in [0, 0.05) is 48.6 Å². The number of esters is 2. The van der Waals surface area contributed by atoms with Crippen molar-refractivity contribution in [1.29, 1.82) is 0 Å². The van der Waals surface area contributed by atoms with Gasteiger partial charge in [0.2, 0.25) is 0 Å². The third-order valence-electron chi connectivity index (χ3n) is 6.72. The van der Waals surface area contributed by atoms with Crippen molar-refractivity contribution in [3.8, 4) is 11.5 Å². The highest BCUT2D eigenvalue weighted by atomic mass is 16.6. The van der Waals surface area contributed by atoms with Crippen LogP contribution in [0, 0.1) is 0 Å². The Morgan fingerprint density at radius 1 is 0.571 bits per heavy atom. The fourth-order valence-corrected chi connectivity index (χ4v) is 4.75. The van der Waals surface area contributed by atoms with Crippen LogP contribution in [0.4, 0.5) is 0 Å². The van der Waals surface area contributed by atoms with Crippen LogP contribution in [-0.2, 0) is 28.5 Å². The topological polar surface area (TPSA) is 89.5 Å². The minimum absolute atomic E-state index is 0.144. The molecule has 3 aromatic carbocycles. The minimum atomic E-state index is -0.542. The van der Waals surface area contributed by atoms with Gasteiger partial charge in [0.1, 0.15) is 24.7 Å². The van der Waals surface area contributed by atoms with Gasteiger partial charge in [-0.3, -0.25) is 9.59 Å². The Kier molecular flexibility index (Phi) is 14.4. The number of ether oxygens (including phenoxy) is 6. The van der Waals surface area contributed by atoms with Crippen LogP contribution >= 0.6 is 0 Å². The number of rotatable bonds is 20. The molecule has 0 fully saturated rings. The molecule has 0 bridgehead atoms. The summed E-state index contributed by atoms with van der Waals surface area (Å²) in [5.74, 6) is 0.590. The predicted octanol–water partition coefficient (Wildman–Crippen LogP) is 7.03. The van der Waals surface area contributed by atoms with Gasteiger partial charge in [-0.2, -0.15) is 0 Å². The largest absolute Gasteiger partial charge is 0.488 e. The SMILES string of the molecule is CCCCCOCC(COc1c2ccccc2c(OCC(COCCCCC)OC(C)=O)c2ccccc12)OC(C)=O. The number of carbonyl (C=O) groups excluding carboxylic acids is 2. The van der Waals surface area contributed by atoms with Gasteiger partial charge in [-0.25, -0.2) is 0 Å². The first-order chi connectivity index (χ1) is 20.4. The van der Waals surface area contributed by atoms with Crippen molar-refractivity contribution in [1.82, 2.24) is 0 Å². The maximum Gasteiger partial charge on any atom is 0.303 e. The van der Waals surface area contributed by atoms with E-state index in [4.69, 9.17) is 28.4 Å². The van der Waals surface area contributed by atoms with Crippen molar-refractivity contribution in [2.45, 2.75) is 78.4 Å². The van der Waals surface area contributed by atoms with Gasteiger partial charge < -0.3 is 28.4 Å². The van der Waals surface area contributed by atoms with E-state index in [-0.39, 0.29) is 38.4 Å². The van der Waals surface area contributed by atoms with Crippen molar-refractivity contribution in [2.24, 2.45) is 0 Å². The third kappa shape index (κ3) is 10.5. The molecule has 0 aliphatic heterocycles. The van der Waals surface area contributed by atoms with Crippen molar-refractivity contribution in [3.05, 3.63) is 48.5 Å². The average Bonchev–Trinajstić information content (AvgIpc) is 2.97. The second-order valence-corrected chi connectivity index (χ2v) is 10.4. The lowest BCUT2D eigenvalue weighted by Crippen LogP contribution is -2.29. The van der Waals surface area contributed by atoms with E-state index in [1.165, 1.54) is 13.8 Å². The highest BCUT2D eigenvalue weighted by Crippen LogP contribution is 2.42. The normalized spacial score (nSPS) is 12.7. The lowest BCUT2D eigenvalue weighted by Gasteiger charge is -2.22. The Morgan fingerprint density at radius 2 is 0.929 bits per heavy atom. The van der Waals surface area contributed by atoms with Crippen molar-refractivity contribution in [2.75, 3.05) is 39.6 Å². The summed E-state index contributed by atoms with van der Waals surface area (Å²) >= 11 is 0. The molecule has 0 aromatic heterocycles. The molecule has 8 nitrogen and oxygen atoms in total. The van der Waals surface area contributed by atoms with Gasteiger partial charge in [-0.05, 0) is 12.8 Å². The predicted molar refractivity (Wildman–Crippen MR) is 164 cm³/mol. The van der Waals surface area contributed by atoms with Crippen LogP contribution in [0.1, 0.15) is 66.2 Å². The summed E-state index contributed by atoms with van der Waals surface area (Å²) in [6.45, 7) is 9.10. The molecule has 230 valence electrons. The molecule has 0 aliphatic rings. The second kappa shape index (κ2) is 18.2. The Labute approximate surface area is 249 Å². The summed E-state index contributed by atoms with van der Waals surface area (Å²) in [6, 6.07) is 15.7. The van der Waals surface area contributed by atoms with E-state index in [0.717, 1.165) is 60.1 Å². The summed E-state index contributed by atoms with van der Waals surface area (Å²) in [6.07, 6.45) is 5.24. The van der Waals surface area contributed by atoms with Crippen LogP contribution in [0.3, 0.4) is 0 Å². The van der Waals surface area contributed by atoms with E-state index < -0.39 is 12.2 Å². The van der Waals surface area contributed by atoms with Crippen molar-refractivity contribution < 1.29 is 38.0 Å². The number of fused-ring (bicyclic) bond motifs is 2. The summed E-state index contributed by atoms with van der Waals surface area (Å²) in [4.78, 5) is 23.6. The monoisotopic (exact) mass is 582 g/mol. The molecule has 2 atom stereocenters. The van der Waals surface area contributed by atoms with E-state index in [0.29, 0.717) is 24.7 Å². The van der Waals surface area contributed by atoms with Crippen LogP contribution in [0.2, 0.25) is 0 Å². The molecule has 0 radical (unpaired) electrons. The summed E-state index contributed by atoms with van der Waals surface area (Å²) in [5, 5.41) is 3.43. The highest BCUT2D eigenvalue weighted by molar-refractivity contribution is 6.11. The van der Waals surface area contributed by atoms with Crippen molar-refractivity contribution in [3.63, 3.8) is 0 Å². The van der Waals surface area contributed by atoms with Gasteiger partial charge >= 0.3 is 11.9 Å². The molecular formula is C34H46O8. The van der Waals surface area contributed by atoms with E-state index in [9.17, 15) is 9.59 Å². The number of unbranched alkanes of at least 4 members (excludes halogenated alkanes) is 4. The van der Waals surface area contributed by atoms with Crippen LogP contribution in [0.5, 0.6) is 11.5 Å². The molecule has 0 saturated carbocycles. The number of benzene rings is 3. The Hall–Kier alpha value is -3.36. The fourth-order valence-electron chi connectivity index (χ4n) is 4.75. The molecular weight excluding hydrogens is 536 g/mol. The third-order valence-corrected chi connectivity index (χ3v) is 6.72. The Morgan fingerprint density at radius 3 is 1.24 bits per heavy atom. The standard InChI is InChI=1S/C34H46O8/c1-5-7-13-19-37-21-27(41-25(3)35)23-39-33-29-15-9-11-17-31(29)34(32-18-12-10-16-30(32)33)40-24-28(42-26(4)36)22-38-20-14-8-6-2/h9-12,15-18,27-28H,5-8,13-14,19-24H2,1-4H3. The van der Waals surface area contributed by atoms with Crippen molar-refractivity contribution >= 4 is 33.5 Å². The zero-order chi connectivity index (χ0) is 30.2. The van der Waals surface area contributed by atoms with E-state index in [1.54, 1.807) is 0 Å². The lowest BCUT2D eigenvalue weighted by atomic mass is 10.0. The first kappa shape index (κ1) is 33.1. The van der Waals surface area contributed by atoms with E-state index in [1.807, 2.05) is 48.5 Å². The number of hydrogen-bond donors (Lipinski definition) is 0. The van der Waals surface area contributed by atoms with E-state index >= 15 is 0 Å². The molecule has 0 amide bonds. The van der Waals surface area contributed by atoms with E-state index in [2.05, 4.69) is 13.8 Å². The molecule has 0 heterocycles. The maximum atomic E-state index is 11.8. The molecule has 2 unspecified atom stereocenters. The molecule has 0 spiro atoms. The fraction of sp³-hybridized carbons (Fsp3) is 0.529. The summed E-state index contributed by atoms with van der Waals surface area (Å²) in [7, 11) is 0. The molecule has 42 heavy (non-hydrogen) atoms. The van der Waals surface area contributed by atoms with Crippen LogP contribution in [0.25, 0.3) is 21.5 Å². The second-order valence-electron chi connectivity index (χ2n) is 10.4. The Balaban J connectivity index is 1.84. The maximum absolute atomic E-state index is 11.8. The molecule has 0 N–H and O–H groups in total. The van der Waals surface area contributed by atoms with Crippen LogP contribution in [-0.4, -0.2) is 63.8 Å². The molecule has 3 rings (SSSR count). The molecule has 0 aliphatic carbocycles.